The van der Waals surface area contributed by atoms with Crippen LogP contribution in [0.5, 0.6) is 0 Å². The molecule has 0 radical (unpaired) electrons. The van der Waals surface area contributed by atoms with Crippen molar-refractivity contribution in [2.24, 2.45) is 0 Å². The third-order valence-corrected chi connectivity index (χ3v) is 3.78. The second-order valence-electron chi connectivity index (χ2n) is 5.21. The molecule has 0 spiro atoms. The van der Waals surface area contributed by atoms with Gasteiger partial charge in [-0.15, -0.1) is 0 Å². The Bertz CT molecular complexity index is 520. The summed E-state index contributed by atoms with van der Waals surface area (Å²) in [4.78, 5) is 2.40. The molecule has 1 aliphatic heterocycles. The van der Waals surface area contributed by atoms with Crippen LogP contribution in [0.3, 0.4) is 0 Å². The first-order valence-corrected chi connectivity index (χ1v) is 6.70. The van der Waals surface area contributed by atoms with E-state index in [0.717, 1.165) is 31.6 Å². The Balaban J connectivity index is 1.66. The summed E-state index contributed by atoms with van der Waals surface area (Å²) in [5.41, 5.74) is 2.34. The second-order valence-corrected chi connectivity index (χ2v) is 5.21. The number of likely N-dealkylation sites (N-methyl/N-ethyl adjacent to an activating group) is 1. The highest BCUT2D eigenvalue weighted by Gasteiger charge is 2.16. The number of hydrogen-bond acceptors (Lipinski definition) is 3. The molecule has 0 saturated carbocycles. The third kappa shape index (κ3) is 2.42. The quantitative estimate of drug-likeness (QED) is 0.898. The maximum Gasteiger partial charge on any atom is 0.134 e. The Morgan fingerprint density at radius 1 is 1.39 bits per heavy atom. The molecule has 0 bridgehead atoms. The van der Waals surface area contributed by atoms with Gasteiger partial charge in [-0.05, 0) is 31.5 Å². The molecule has 18 heavy (non-hydrogen) atoms. The van der Waals surface area contributed by atoms with Crippen LogP contribution in [0.4, 0.5) is 0 Å². The van der Waals surface area contributed by atoms with Crippen LogP contribution in [0, 0.1) is 0 Å². The van der Waals surface area contributed by atoms with Gasteiger partial charge in [-0.1, -0.05) is 18.2 Å². The van der Waals surface area contributed by atoms with Crippen molar-refractivity contribution in [3.05, 3.63) is 36.1 Å². The normalized spacial score (nSPS) is 21.5. The summed E-state index contributed by atoms with van der Waals surface area (Å²) in [6.45, 7) is 3.41. The molecule has 3 heteroatoms. The topological polar surface area (TPSA) is 28.4 Å². The summed E-state index contributed by atoms with van der Waals surface area (Å²) in [6, 6.07) is 8.89. The van der Waals surface area contributed by atoms with Crippen molar-refractivity contribution in [1.29, 1.82) is 0 Å². The molecule has 1 aromatic carbocycles. The highest BCUT2D eigenvalue weighted by molar-refractivity contribution is 5.80. The molecule has 3 nitrogen and oxygen atoms in total. The van der Waals surface area contributed by atoms with E-state index < -0.39 is 0 Å². The molecule has 1 saturated heterocycles. The Morgan fingerprint density at radius 2 is 2.28 bits per heavy atom. The monoisotopic (exact) mass is 244 g/mol. The number of piperazine rings is 1. The van der Waals surface area contributed by atoms with E-state index in [4.69, 9.17) is 4.42 Å². The van der Waals surface area contributed by atoms with Crippen LogP contribution in [-0.2, 0) is 6.42 Å². The largest absolute Gasteiger partial charge is 0.464 e. The summed E-state index contributed by atoms with van der Waals surface area (Å²) >= 11 is 0. The number of benzene rings is 1. The molecular formula is C15H20N2O. The van der Waals surface area contributed by atoms with Crippen molar-refractivity contribution < 1.29 is 4.42 Å². The average Bonchev–Trinajstić information content (AvgIpc) is 2.80. The molecule has 2 heterocycles. The number of aryl methyl sites for hydroxylation is 1. The van der Waals surface area contributed by atoms with Gasteiger partial charge in [0.15, 0.2) is 0 Å². The van der Waals surface area contributed by atoms with Crippen LogP contribution >= 0.6 is 0 Å². The number of nitrogens with zero attached hydrogens (tertiary/aromatic N) is 1. The molecule has 1 aliphatic rings. The van der Waals surface area contributed by atoms with Crippen LogP contribution in [0.15, 0.2) is 34.9 Å². The molecule has 96 valence electrons. The van der Waals surface area contributed by atoms with Gasteiger partial charge >= 0.3 is 0 Å². The van der Waals surface area contributed by atoms with Crippen molar-refractivity contribution in [2.75, 3.05) is 26.7 Å². The summed E-state index contributed by atoms with van der Waals surface area (Å²) in [6.07, 6.45) is 4.17. The van der Waals surface area contributed by atoms with Gasteiger partial charge in [-0.2, -0.15) is 0 Å². The number of para-hydroxylation sites is 1. The summed E-state index contributed by atoms with van der Waals surface area (Å²) < 4.78 is 5.58. The van der Waals surface area contributed by atoms with Crippen LogP contribution in [0.25, 0.3) is 11.0 Å². The predicted octanol–water partition coefficient (Wildman–Crippen LogP) is 2.27. The Labute approximate surface area is 108 Å². The molecule has 0 amide bonds. The summed E-state index contributed by atoms with van der Waals surface area (Å²) in [5.74, 6) is 0. The maximum absolute atomic E-state index is 5.58. The first-order chi connectivity index (χ1) is 8.83. The molecular weight excluding hydrogens is 224 g/mol. The Morgan fingerprint density at radius 3 is 3.17 bits per heavy atom. The summed E-state index contributed by atoms with van der Waals surface area (Å²) in [5, 5.41) is 4.85. The predicted molar refractivity (Wildman–Crippen MR) is 73.8 cm³/mol. The zero-order valence-corrected chi connectivity index (χ0v) is 10.9. The van der Waals surface area contributed by atoms with Crippen molar-refractivity contribution in [3.63, 3.8) is 0 Å². The van der Waals surface area contributed by atoms with E-state index in [0.29, 0.717) is 6.04 Å². The van der Waals surface area contributed by atoms with Gasteiger partial charge < -0.3 is 14.6 Å². The highest BCUT2D eigenvalue weighted by atomic mass is 16.3. The Kier molecular flexibility index (Phi) is 3.35. The summed E-state index contributed by atoms with van der Waals surface area (Å²) in [7, 11) is 2.20. The minimum atomic E-state index is 0.609. The lowest BCUT2D eigenvalue weighted by molar-refractivity contribution is 0.232. The molecule has 1 unspecified atom stereocenters. The Hall–Kier alpha value is -1.32. The minimum absolute atomic E-state index is 0.609. The minimum Gasteiger partial charge on any atom is -0.464 e. The van der Waals surface area contributed by atoms with Crippen LogP contribution < -0.4 is 5.32 Å². The molecule has 1 aromatic heterocycles. The van der Waals surface area contributed by atoms with Gasteiger partial charge in [0.1, 0.15) is 5.58 Å². The van der Waals surface area contributed by atoms with Gasteiger partial charge in [0.05, 0.1) is 6.26 Å². The van der Waals surface area contributed by atoms with Crippen molar-refractivity contribution in [2.45, 2.75) is 18.9 Å². The number of rotatable bonds is 3. The second kappa shape index (κ2) is 5.12. The molecule has 0 aliphatic carbocycles. The van der Waals surface area contributed by atoms with Gasteiger partial charge in [0.2, 0.25) is 0 Å². The zero-order valence-electron chi connectivity index (χ0n) is 10.9. The average molecular weight is 244 g/mol. The van der Waals surface area contributed by atoms with Gasteiger partial charge in [-0.25, -0.2) is 0 Å². The van der Waals surface area contributed by atoms with E-state index >= 15 is 0 Å². The van der Waals surface area contributed by atoms with E-state index in [-0.39, 0.29) is 0 Å². The van der Waals surface area contributed by atoms with Crippen LogP contribution in [0.1, 0.15) is 12.0 Å². The van der Waals surface area contributed by atoms with Gasteiger partial charge in [0, 0.05) is 31.1 Å². The lowest BCUT2D eigenvalue weighted by Gasteiger charge is -2.30. The van der Waals surface area contributed by atoms with Gasteiger partial charge in [-0.3, -0.25) is 0 Å². The highest BCUT2D eigenvalue weighted by Crippen LogP contribution is 2.22. The number of furan rings is 1. The third-order valence-electron chi connectivity index (χ3n) is 3.78. The standard InChI is InChI=1S/C15H20N2O/c1-17-9-8-16-13(10-17)7-6-12-11-18-15-5-3-2-4-14(12)15/h2-5,11,13,16H,6-10H2,1H3. The molecule has 1 N–H and O–H groups in total. The lowest BCUT2D eigenvalue weighted by Crippen LogP contribution is -2.49. The SMILES string of the molecule is CN1CCNC(CCc2coc3ccccc23)C1. The number of hydrogen-bond donors (Lipinski definition) is 1. The molecule has 2 aromatic rings. The van der Waals surface area contributed by atoms with E-state index in [1.165, 1.54) is 17.4 Å². The fourth-order valence-electron chi connectivity index (χ4n) is 2.74. The maximum atomic E-state index is 5.58. The van der Waals surface area contributed by atoms with E-state index in [9.17, 15) is 0 Å². The van der Waals surface area contributed by atoms with E-state index in [1.54, 1.807) is 0 Å². The van der Waals surface area contributed by atoms with Gasteiger partial charge in [0.25, 0.3) is 0 Å². The fraction of sp³-hybridized carbons (Fsp3) is 0.467. The molecule has 1 fully saturated rings. The van der Waals surface area contributed by atoms with Crippen molar-refractivity contribution in [3.8, 4) is 0 Å². The molecule has 1 atom stereocenters. The first kappa shape index (κ1) is 11.8. The van der Waals surface area contributed by atoms with Crippen molar-refractivity contribution >= 4 is 11.0 Å². The van der Waals surface area contributed by atoms with Crippen molar-refractivity contribution in [1.82, 2.24) is 10.2 Å². The van der Waals surface area contributed by atoms with E-state index in [1.807, 2.05) is 18.4 Å². The zero-order chi connectivity index (χ0) is 12.4. The molecule has 3 rings (SSSR count). The van der Waals surface area contributed by atoms with E-state index in [2.05, 4.69) is 29.4 Å². The lowest BCUT2D eigenvalue weighted by atomic mass is 10.0. The van der Waals surface area contributed by atoms with Crippen LogP contribution in [-0.4, -0.2) is 37.6 Å². The number of fused-ring (bicyclic) bond motifs is 1. The van der Waals surface area contributed by atoms with Crippen LogP contribution in [0.2, 0.25) is 0 Å². The number of nitrogens with one attached hydrogen (secondary N) is 1. The smallest absolute Gasteiger partial charge is 0.134 e. The first-order valence-electron chi connectivity index (χ1n) is 6.70. The fourth-order valence-corrected chi connectivity index (χ4v) is 2.74.